The highest BCUT2D eigenvalue weighted by atomic mass is 16.5. The Hall–Kier alpha value is -4.51. The fourth-order valence-electron chi connectivity index (χ4n) is 4.20. The van der Waals surface area contributed by atoms with E-state index in [9.17, 15) is 0 Å². The topological polar surface area (TPSA) is 52.8 Å². The monoisotopic (exact) mass is 428 g/mol. The number of ether oxygens (including phenoxy) is 1. The largest absolute Gasteiger partial charge is 0.437 e. The molecule has 6 rings (SSSR count). The highest BCUT2D eigenvalue weighted by Gasteiger charge is 2.14. The number of fused-ring (bicyclic) bond motifs is 3. The number of hydrogen-bond acceptors (Lipinski definition) is 4. The first-order valence-electron chi connectivity index (χ1n) is 10.8. The quantitative estimate of drug-likeness (QED) is 0.312. The zero-order valence-electron chi connectivity index (χ0n) is 18.0. The Morgan fingerprint density at radius 3 is 2.45 bits per heavy atom. The molecule has 0 bridgehead atoms. The molecule has 0 aliphatic carbocycles. The average Bonchev–Trinajstić information content (AvgIpc) is 3.18. The number of para-hydroxylation sites is 1. The molecule has 0 atom stereocenters. The third-order valence-corrected chi connectivity index (χ3v) is 5.71. The van der Waals surface area contributed by atoms with Gasteiger partial charge in [0.25, 0.3) is 0 Å². The number of pyridine rings is 3. The minimum atomic E-state index is 0.539. The van der Waals surface area contributed by atoms with Crippen LogP contribution in [-0.2, 0) is 0 Å². The molecule has 6 aromatic rings. The third kappa shape index (κ3) is 3.49. The second kappa shape index (κ2) is 7.88. The standard InChI is InChI=1S/C28H20N4O/c1-19-11-13-30-27(14-19)32-25-7-3-2-6-23(25)24-10-9-20(16-26(24)32)21-15-22(18-29-17-21)33-28-8-4-5-12-31-28/h2-18H,1H3. The van der Waals surface area contributed by atoms with Gasteiger partial charge in [-0.25, -0.2) is 9.97 Å². The first-order chi connectivity index (χ1) is 16.3. The smallest absolute Gasteiger partial charge is 0.219 e. The van der Waals surface area contributed by atoms with E-state index in [4.69, 9.17) is 4.74 Å². The van der Waals surface area contributed by atoms with E-state index in [-0.39, 0.29) is 0 Å². The van der Waals surface area contributed by atoms with Crippen molar-refractivity contribution in [2.75, 3.05) is 0 Å². The van der Waals surface area contributed by atoms with Crippen molar-refractivity contribution in [3.8, 4) is 28.6 Å². The molecule has 0 N–H and O–H groups in total. The summed E-state index contributed by atoms with van der Waals surface area (Å²) in [7, 11) is 0. The molecular weight excluding hydrogens is 408 g/mol. The Kier molecular flexibility index (Phi) is 4.58. The Morgan fingerprint density at radius 2 is 1.58 bits per heavy atom. The zero-order chi connectivity index (χ0) is 22.2. The van der Waals surface area contributed by atoms with Crippen LogP contribution in [0.2, 0.25) is 0 Å². The van der Waals surface area contributed by atoms with Crippen LogP contribution in [0.5, 0.6) is 11.6 Å². The summed E-state index contributed by atoms with van der Waals surface area (Å²) in [6.07, 6.45) is 7.12. The lowest BCUT2D eigenvalue weighted by Crippen LogP contribution is -1.97. The summed E-state index contributed by atoms with van der Waals surface area (Å²) < 4.78 is 8.12. The van der Waals surface area contributed by atoms with E-state index in [1.54, 1.807) is 12.4 Å². The molecule has 5 heteroatoms. The second-order valence-corrected chi connectivity index (χ2v) is 7.96. The first-order valence-corrected chi connectivity index (χ1v) is 10.8. The summed E-state index contributed by atoms with van der Waals surface area (Å²) >= 11 is 0. The van der Waals surface area contributed by atoms with Crippen LogP contribution in [0.25, 0.3) is 38.8 Å². The van der Waals surface area contributed by atoms with Gasteiger partial charge in [0.1, 0.15) is 11.6 Å². The van der Waals surface area contributed by atoms with Crippen LogP contribution in [0.3, 0.4) is 0 Å². The molecule has 2 aromatic carbocycles. The first kappa shape index (κ1) is 19.2. The predicted molar refractivity (Wildman–Crippen MR) is 131 cm³/mol. The Labute approximate surface area is 191 Å². The van der Waals surface area contributed by atoms with Gasteiger partial charge in [-0.15, -0.1) is 0 Å². The van der Waals surface area contributed by atoms with Crippen LogP contribution >= 0.6 is 0 Å². The second-order valence-electron chi connectivity index (χ2n) is 7.96. The van der Waals surface area contributed by atoms with Crippen LogP contribution in [0, 0.1) is 6.92 Å². The maximum Gasteiger partial charge on any atom is 0.219 e. The van der Waals surface area contributed by atoms with Crippen molar-refractivity contribution >= 4 is 21.8 Å². The number of rotatable bonds is 4. The number of aromatic nitrogens is 4. The predicted octanol–water partition coefficient (Wildman–Crippen LogP) is 6.74. The third-order valence-electron chi connectivity index (χ3n) is 5.71. The summed E-state index contributed by atoms with van der Waals surface area (Å²) in [4.78, 5) is 13.3. The summed E-state index contributed by atoms with van der Waals surface area (Å²) in [5.41, 5.74) is 5.43. The minimum Gasteiger partial charge on any atom is -0.437 e. The molecule has 0 saturated carbocycles. The van der Waals surface area contributed by atoms with Gasteiger partial charge in [0.2, 0.25) is 5.88 Å². The van der Waals surface area contributed by atoms with Gasteiger partial charge in [0.15, 0.2) is 0 Å². The molecule has 4 aromatic heterocycles. The lowest BCUT2D eigenvalue weighted by Gasteiger charge is -2.09. The van der Waals surface area contributed by atoms with E-state index in [1.807, 2.05) is 42.7 Å². The van der Waals surface area contributed by atoms with E-state index in [1.165, 1.54) is 16.3 Å². The Balaban J connectivity index is 1.51. The number of aryl methyl sites for hydroxylation is 1. The molecule has 0 aliphatic rings. The minimum absolute atomic E-state index is 0.539. The van der Waals surface area contributed by atoms with E-state index in [0.717, 1.165) is 28.0 Å². The van der Waals surface area contributed by atoms with Crippen LogP contribution in [0.15, 0.2) is 104 Å². The lowest BCUT2D eigenvalue weighted by atomic mass is 10.0. The van der Waals surface area contributed by atoms with E-state index < -0.39 is 0 Å². The average molecular weight is 428 g/mol. The van der Waals surface area contributed by atoms with Crippen molar-refractivity contribution in [2.24, 2.45) is 0 Å². The van der Waals surface area contributed by atoms with Crippen LogP contribution in [-0.4, -0.2) is 19.5 Å². The summed E-state index contributed by atoms with van der Waals surface area (Å²) in [6, 6.07) is 26.6. The molecule has 0 fully saturated rings. The van der Waals surface area contributed by atoms with E-state index in [0.29, 0.717) is 11.6 Å². The van der Waals surface area contributed by atoms with Crippen molar-refractivity contribution in [1.29, 1.82) is 0 Å². The Morgan fingerprint density at radius 1 is 0.697 bits per heavy atom. The number of benzene rings is 2. The van der Waals surface area contributed by atoms with Crippen LogP contribution in [0.4, 0.5) is 0 Å². The fourth-order valence-corrected chi connectivity index (χ4v) is 4.20. The summed E-state index contributed by atoms with van der Waals surface area (Å²) in [5.74, 6) is 2.09. The molecule has 5 nitrogen and oxygen atoms in total. The van der Waals surface area contributed by atoms with Gasteiger partial charge in [-0.3, -0.25) is 9.55 Å². The summed E-state index contributed by atoms with van der Waals surface area (Å²) in [6.45, 7) is 2.09. The van der Waals surface area contributed by atoms with Crippen molar-refractivity contribution in [2.45, 2.75) is 6.92 Å². The van der Waals surface area contributed by atoms with Crippen LogP contribution in [0.1, 0.15) is 5.56 Å². The van der Waals surface area contributed by atoms with Crippen molar-refractivity contribution in [3.63, 3.8) is 0 Å². The fraction of sp³-hybridized carbons (Fsp3) is 0.0357. The van der Waals surface area contributed by atoms with Gasteiger partial charge in [-0.05, 0) is 54.4 Å². The molecule has 33 heavy (non-hydrogen) atoms. The molecule has 0 amide bonds. The van der Waals surface area contributed by atoms with Gasteiger partial charge in [-0.2, -0.15) is 0 Å². The zero-order valence-corrected chi connectivity index (χ0v) is 18.0. The summed E-state index contributed by atoms with van der Waals surface area (Å²) in [5, 5.41) is 2.39. The number of nitrogens with zero attached hydrogens (tertiary/aromatic N) is 4. The van der Waals surface area contributed by atoms with E-state index >= 15 is 0 Å². The number of hydrogen-bond donors (Lipinski definition) is 0. The van der Waals surface area contributed by atoms with Crippen molar-refractivity contribution in [1.82, 2.24) is 19.5 Å². The van der Waals surface area contributed by atoms with Gasteiger partial charge < -0.3 is 4.74 Å². The normalized spacial score (nSPS) is 11.2. The highest BCUT2D eigenvalue weighted by Crippen LogP contribution is 2.35. The molecule has 0 radical (unpaired) electrons. The molecule has 4 heterocycles. The molecule has 0 spiro atoms. The Bertz CT molecular complexity index is 1610. The van der Waals surface area contributed by atoms with Gasteiger partial charge in [-0.1, -0.05) is 36.4 Å². The molecule has 158 valence electrons. The molecule has 0 unspecified atom stereocenters. The van der Waals surface area contributed by atoms with Gasteiger partial charge >= 0.3 is 0 Å². The maximum absolute atomic E-state index is 5.89. The maximum atomic E-state index is 5.89. The van der Waals surface area contributed by atoms with Crippen molar-refractivity contribution in [3.05, 3.63) is 109 Å². The van der Waals surface area contributed by atoms with Crippen molar-refractivity contribution < 1.29 is 4.74 Å². The SMILES string of the molecule is Cc1ccnc(-n2c3ccccc3c3ccc(-c4cncc(Oc5ccccn5)c4)cc32)c1. The molecule has 0 saturated heterocycles. The van der Waals surface area contributed by atoms with E-state index in [2.05, 4.69) is 75.0 Å². The lowest BCUT2D eigenvalue weighted by molar-refractivity contribution is 0.461. The molecular formula is C28H20N4O. The highest BCUT2D eigenvalue weighted by molar-refractivity contribution is 6.10. The van der Waals surface area contributed by atoms with Crippen LogP contribution < -0.4 is 4.74 Å². The van der Waals surface area contributed by atoms with Gasteiger partial charge in [0.05, 0.1) is 17.2 Å². The molecule has 0 aliphatic heterocycles. The van der Waals surface area contributed by atoms with Gasteiger partial charge in [0, 0.05) is 41.0 Å².